The van der Waals surface area contributed by atoms with E-state index in [1.807, 2.05) is 37.4 Å². The van der Waals surface area contributed by atoms with Crippen molar-refractivity contribution in [2.45, 2.75) is 64.8 Å². The zero-order valence-corrected chi connectivity index (χ0v) is 23.8. The van der Waals surface area contributed by atoms with Crippen molar-refractivity contribution in [2.75, 3.05) is 18.0 Å². The number of benzene rings is 2. The van der Waals surface area contributed by atoms with Crippen molar-refractivity contribution in [3.05, 3.63) is 94.8 Å². The summed E-state index contributed by atoms with van der Waals surface area (Å²) >= 11 is 0. The third kappa shape index (κ3) is 6.66. The van der Waals surface area contributed by atoms with Gasteiger partial charge in [0.25, 0.3) is 5.91 Å². The number of carbonyl (C=O) groups is 1. The van der Waals surface area contributed by atoms with Crippen molar-refractivity contribution >= 4 is 17.1 Å². The summed E-state index contributed by atoms with van der Waals surface area (Å²) in [6.45, 7) is 10.4. The summed E-state index contributed by atoms with van der Waals surface area (Å²) in [7, 11) is 0. The van der Waals surface area contributed by atoms with Gasteiger partial charge in [0.2, 0.25) is 0 Å². The van der Waals surface area contributed by atoms with Crippen LogP contribution in [0.15, 0.2) is 66.9 Å². The summed E-state index contributed by atoms with van der Waals surface area (Å²) in [6, 6.07) is 18.5. The molecule has 1 saturated heterocycles. The second-order valence-corrected chi connectivity index (χ2v) is 11.7. The van der Waals surface area contributed by atoms with Crippen molar-refractivity contribution in [1.82, 2.24) is 14.9 Å². The number of piperidine rings is 1. The number of pyridine rings is 1. The molecular weight excluding hydrogens is 529 g/mol. The molecule has 3 heterocycles. The topological polar surface area (TPSA) is 58.9 Å². The highest BCUT2D eigenvalue weighted by Crippen LogP contribution is 2.32. The van der Waals surface area contributed by atoms with E-state index < -0.39 is 6.36 Å². The largest absolute Gasteiger partial charge is 0.573 e. The molecule has 1 N–H and O–H groups in total. The standard InChI is InChI=1S/C32H35F3N4O2/c1-21-29(28-19-25(31(2,3)4)15-18-39(28)37-21)30(40)36-20-22-5-9-26(10-6-22)38-16-13-24(14-17-38)23-7-11-27(12-8-23)41-32(33,34)35/h5-12,15,18-19,24H,13-14,16-17,20H2,1-4H3,(H,36,40). The van der Waals surface area contributed by atoms with E-state index >= 15 is 0 Å². The third-order valence-electron chi connectivity index (χ3n) is 7.74. The number of hydrogen-bond donors (Lipinski definition) is 1. The first-order chi connectivity index (χ1) is 19.4. The van der Waals surface area contributed by atoms with Crippen LogP contribution in [-0.4, -0.2) is 35.0 Å². The zero-order chi connectivity index (χ0) is 29.4. The first-order valence-corrected chi connectivity index (χ1v) is 13.8. The van der Waals surface area contributed by atoms with Gasteiger partial charge in [0, 0.05) is 31.5 Å². The first kappa shape index (κ1) is 28.5. The smallest absolute Gasteiger partial charge is 0.406 e. The molecule has 5 rings (SSSR count). The average molecular weight is 565 g/mol. The summed E-state index contributed by atoms with van der Waals surface area (Å²) < 4.78 is 43.0. The maximum absolute atomic E-state index is 13.2. The molecule has 41 heavy (non-hydrogen) atoms. The molecule has 1 aliphatic heterocycles. The van der Waals surface area contributed by atoms with Crippen LogP contribution in [0.4, 0.5) is 18.9 Å². The number of nitrogens with zero attached hydrogens (tertiary/aromatic N) is 3. The minimum atomic E-state index is -4.68. The molecule has 0 unspecified atom stereocenters. The Labute approximate surface area is 238 Å². The molecule has 4 aromatic rings. The van der Waals surface area contributed by atoms with E-state index in [-0.39, 0.29) is 17.1 Å². The minimum absolute atomic E-state index is 0.0364. The lowest BCUT2D eigenvalue weighted by molar-refractivity contribution is -0.274. The molecule has 2 aromatic heterocycles. The zero-order valence-electron chi connectivity index (χ0n) is 23.8. The molecule has 1 fully saturated rings. The molecule has 2 aromatic carbocycles. The highest BCUT2D eigenvalue weighted by molar-refractivity contribution is 6.02. The minimum Gasteiger partial charge on any atom is -0.406 e. The molecule has 1 aliphatic rings. The number of ether oxygens (including phenoxy) is 1. The van der Waals surface area contributed by atoms with Gasteiger partial charge in [-0.2, -0.15) is 5.10 Å². The maximum Gasteiger partial charge on any atom is 0.573 e. The second kappa shape index (κ2) is 11.1. The van der Waals surface area contributed by atoms with Crippen molar-refractivity contribution in [3.63, 3.8) is 0 Å². The number of halogens is 3. The normalized spacial score (nSPS) is 14.9. The van der Waals surface area contributed by atoms with Gasteiger partial charge in [0.15, 0.2) is 0 Å². The lowest BCUT2D eigenvalue weighted by Crippen LogP contribution is -2.32. The number of anilines is 1. The van der Waals surface area contributed by atoms with Gasteiger partial charge in [-0.1, -0.05) is 45.0 Å². The Morgan fingerprint density at radius 1 is 1.00 bits per heavy atom. The van der Waals surface area contributed by atoms with Crippen LogP contribution >= 0.6 is 0 Å². The maximum atomic E-state index is 13.2. The summed E-state index contributed by atoms with van der Waals surface area (Å²) in [5, 5.41) is 7.58. The van der Waals surface area contributed by atoms with Gasteiger partial charge in [0.05, 0.1) is 16.8 Å². The quantitative estimate of drug-likeness (QED) is 0.270. The summed E-state index contributed by atoms with van der Waals surface area (Å²) in [6.07, 6.45) is -0.955. The van der Waals surface area contributed by atoms with Crippen LogP contribution in [0.25, 0.3) is 5.52 Å². The SMILES string of the molecule is Cc1nn2ccc(C(C)(C)C)cc2c1C(=O)NCc1ccc(N2CCC(c3ccc(OC(F)(F)F)cc3)CC2)cc1. The van der Waals surface area contributed by atoms with Crippen LogP contribution in [0.3, 0.4) is 0 Å². The van der Waals surface area contributed by atoms with E-state index in [0.717, 1.165) is 53.8 Å². The molecule has 0 saturated carbocycles. The molecule has 0 radical (unpaired) electrons. The van der Waals surface area contributed by atoms with E-state index in [1.54, 1.807) is 16.6 Å². The van der Waals surface area contributed by atoms with Crippen LogP contribution in [-0.2, 0) is 12.0 Å². The van der Waals surface area contributed by atoms with Gasteiger partial charge in [-0.15, -0.1) is 13.2 Å². The van der Waals surface area contributed by atoms with Gasteiger partial charge in [-0.3, -0.25) is 4.79 Å². The van der Waals surface area contributed by atoms with Gasteiger partial charge in [-0.05, 0) is 84.2 Å². The molecular formula is C32H35F3N4O2. The number of aryl methyl sites for hydroxylation is 1. The number of fused-ring (bicyclic) bond motifs is 1. The average Bonchev–Trinajstić information content (AvgIpc) is 3.26. The molecule has 0 bridgehead atoms. The first-order valence-electron chi connectivity index (χ1n) is 13.8. The Bertz CT molecular complexity index is 1510. The molecule has 6 nitrogen and oxygen atoms in total. The molecule has 216 valence electrons. The Hall–Kier alpha value is -4.01. The Morgan fingerprint density at radius 3 is 2.27 bits per heavy atom. The van der Waals surface area contributed by atoms with Crippen molar-refractivity contribution < 1.29 is 22.7 Å². The number of aromatic nitrogens is 2. The van der Waals surface area contributed by atoms with Crippen molar-refractivity contribution in [3.8, 4) is 5.75 Å². The molecule has 0 atom stereocenters. The van der Waals surface area contributed by atoms with Gasteiger partial charge in [-0.25, -0.2) is 4.52 Å². The number of rotatable bonds is 6. The predicted octanol–water partition coefficient (Wildman–Crippen LogP) is 7.15. The van der Waals surface area contributed by atoms with Crippen LogP contribution in [0.1, 0.15) is 72.3 Å². The molecule has 1 amide bonds. The predicted molar refractivity (Wildman–Crippen MR) is 154 cm³/mol. The fraction of sp³-hybridized carbons (Fsp3) is 0.375. The number of carbonyl (C=O) groups excluding carboxylic acids is 1. The van der Waals surface area contributed by atoms with Crippen LogP contribution in [0.5, 0.6) is 5.75 Å². The van der Waals surface area contributed by atoms with E-state index in [4.69, 9.17) is 0 Å². The van der Waals surface area contributed by atoms with E-state index in [2.05, 4.69) is 53.0 Å². The number of amides is 1. The second-order valence-electron chi connectivity index (χ2n) is 11.7. The fourth-order valence-electron chi connectivity index (χ4n) is 5.42. The Balaban J connectivity index is 1.16. The van der Waals surface area contributed by atoms with Gasteiger partial charge >= 0.3 is 6.36 Å². The lowest BCUT2D eigenvalue weighted by atomic mass is 9.87. The Morgan fingerprint density at radius 2 is 1.66 bits per heavy atom. The van der Waals surface area contributed by atoms with E-state index in [1.165, 1.54) is 12.1 Å². The van der Waals surface area contributed by atoms with E-state index in [0.29, 0.717) is 23.7 Å². The van der Waals surface area contributed by atoms with E-state index in [9.17, 15) is 18.0 Å². The number of alkyl halides is 3. The van der Waals surface area contributed by atoms with Crippen LogP contribution < -0.4 is 15.0 Å². The number of hydrogen-bond acceptors (Lipinski definition) is 4. The van der Waals surface area contributed by atoms with Gasteiger partial charge < -0.3 is 15.0 Å². The highest BCUT2D eigenvalue weighted by Gasteiger charge is 2.31. The third-order valence-corrected chi connectivity index (χ3v) is 7.74. The monoisotopic (exact) mass is 564 g/mol. The van der Waals surface area contributed by atoms with Crippen molar-refractivity contribution in [2.24, 2.45) is 0 Å². The summed E-state index contributed by atoms with van der Waals surface area (Å²) in [4.78, 5) is 15.5. The summed E-state index contributed by atoms with van der Waals surface area (Å²) in [5.74, 6) is -0.0466. The lowest BCUT2D eigenvalue weighted by Gasteiger charge is -2.34. The molecule has 0 spiro atoms. The summed E-state index contributed by atoms with van der Waals surface area (Å²) in [5.41, 5.74) is 6.34. The molecule has 9 heteroatoms. The fourth-order valence-corrected chi connectivity index (χ4v) is 5.42. The number of nitrogens with one attached hydrogen (secondary N) is 1. The highest BCUT2D eigenvalue weighted by atomic mass is 19.4. The van der Waals surface area contributed by atoms with Crippen LogP contribution in [0, 0.1) is 6.92 Å². The molecule has 0 aliphatic carbocycles. The van der Waals surface area contributed by atoms with Gasteiger partial charge in [0.1, 0.15) is 5.75 Å². The Kier molecular flexibility index (Phi) is 7.72. The van der Waals surface area contributed by atoms with Crippen molar-refractivity contribution in [1.29, 1.82) is 0 Å². The van der Waals surface area contributed by atoms with Crippen LogP contribution in [0.2, 0.25) is 0 Å².